The number of aromatic amines is 1. The summed E-state index contributed by atoms with van der Waals surface area (Å²) in [5.74, 6) is 0. The first-order chi connectivity index (χ1) is 10.8. The highest BCUT2D eigenvalue weighted by Gasteiger charge is 2.16. The fraction of sp³-hybridized carbons (Fsp3) is 0.471. The molecular weight excluding hydrogens is 276 g/mol. The van der Waals surface area contributed by atoms with Crippen LogP contribution in [0.3, 0.4) is 0 Å². The van der Waals surface area contributed by atoms with Gasteiger partial charge in [0.25, 0.3) is 0 Å². The van der Waals surface area contributed by atoms with Crippen LogP contribution >= 0.6 is 0 Å². The van der Waals surface area contributed by atoms with E-state index in [4.69, 9.17) is 4.74 Å². The fourth-order valence-corrected chi connectivity index (χ4v) is 2.86. The molecule has 3 rings (SSSR count). The third-order valence-electron chi connectivity index (χ3n) is 4.20. The van der Waals surface area contributed by atoms with Gasteiger partial charge in [-0.1, -0.05) is 30.3 Å². The van der Waals surface area contributed by atoms with Gasteiger partial charge < -0.3 is 10.1 Å². The van der Waals surface area contributed by atoms with Gasteiger partial charge in [0.2, 0.25) is 0 Å². The van der Waals surface area contributed by atoms with E-state index >= 15 is 0 Å². The van der Waals surface area contributed by atoms with Gasteiger partial charge in [-0.2, -0.15) is 5.10 Å². The molecule has 1 aromatic heterocycles. The van der Waals surface area contributed by atoms with Crippen molar-refractivity contribution in [1.29, 1.82) is 0 Å². The van der Waals surface area contributed by atoms with Crippen molar-refractivity contribution in [2.45, 2.75) is 19.5 Å². The fourth-order valence-electron chi connectivity index (χ4n) is 2.86. The number of nitrogens with zero attached hydrogens (tertiary/aromatic N) is 2. The van der Waals surface area contributed by atoms with Gasteiger partial charge in [0.05, 0.1) is 25.1 Å². The maximum Gasteiger partial charge on any atom is 0.0695 e. The maximum atomic E-state index is 5.40. The number of benzene rings is 1. The quantitative estimate of drug-likeness (QED) is 0.855. The van der Waals surface area contributed by atoms with Crippen LogP contribution in [0.4, 0.5) is 0 Å². The normalized spacial score (nSPS) is 17.5. The summed E-state index contributed by atoms with van der Waals surface area (Å²) in [5.41, 5.74) is 3.49. The zero-order valence-corrected chi connectivity index (χ0v) is 13.1. The third kappa shape index (κ3) is 3.74. The van der Waals surface area contributed by atoms with Crippen molar-refractivity contribution in [3.63, 3.8) is 0 Å². The molecule has 2 heterocycles. The van der Waals surface area contributed by atoms with E-state index in [-0.39, 0.29) is 0 Å². The molecule has 0 aliphatic carbocycles. The predicted molar refractivity (Wildman–Crippen MR) is 87.6 cm³/mol. The second-order valence-electron chi connectivity index (χ2n) is 5.76. The number of morpholine rings is 1. The molecule has 0 unspecified atom stereocenters. The first kappa shape index (κ1) is 15.2. The third-order valence-corrected chi connectivity index (χ3v) is 4.20. The smallest absolute Gasteiger partial charge is 0.0695 e. The van der Waals surface area contributed by atoms with Crippen LogP contribution in [0.1, 0.15) is 12.5 Å². The molecule has 0 spiro atoms. The van der Waals surface area contributed by atoms with E-state index in [0.717, 1.165) is 45.1 Å². The van der Waals surface area contributed by atoms with Crippen LogP contribution in [0.15, 0.2) is 36.5 Å². The SMILES string of the molecule is C[C@@H](CNCc1cn[nH]c1-c1ccccc1)N1CCOCC1. The summed E-state index contributed by atoms with van der Waals surface area (Å²) < 4.78 is 5.40. The van der Waals surface area contributed by atoms with Crippen LogP contribution in [0.25, 0.3) is 11.3 Å². The molecule has 0 amide bonds. The molecule has 1 atom stereocenters. The molecule has 0 saturated carbocycles. The number of nitrogens with one attached hydrogen (secondary N) is 2. The largest absolute Gasteiger partial charge is 0.379 e. The van der Waals surface area contributed by atoms with Crippen LogP contribution in [0.5, 0.6) is 0 Å². The Morgan fingerprint density at radius 2 is 2.05 bits per heavy atom. The minimum absolute atomic E-state index is 0.524. The van der Waals surface area contributed by atoms with Gasteiger partial charge in [0, 0.05) is 37.8 Å². The van der Waals surface area contributed by atoms with Gasteiger partial charge in [-0.25, -0.2) is 0 Å². The lowest BCUT2D eigenvalue weighted by molar-refractivity contribution is 0.0203. The summed E-state index contributed by atoms with van der Waals surface area (Å²) in [4.78, 5) is 2.48. The van der Waals surface area contributed by atoms with Crippen molar-refractivity contribution in [1.82, 2.24) is 20.4 Å². The molecule has 2 N–H and O–H groups in total. The number of H-pyrrole nitrogens is 1. The molecule has 2 aromatic rings. The second kappa shape index (κ2) is 7.54. The van der Waals surface area contributed by atoms with Crippen LogP contribution in [-0.2, 0) is 11.3 Å². The van der Waals surface area contributed by atoms with Crippen molar-refractivity contribution in [2.75, 3.05) is 32.8 Å². The Morgan fingerprint density at radius 1 is 1.27 bits per heavy atom. The summed E-state index contributed by atoms with van der Waals surface area (Å²) in [6.45, 7) is 7.84. The van der Waals surface area contributed by atoms with Crippen LogP contribution in [-0.4, -0.2) is 54.0 Å². The maximum absolute atomic E-state index is 5.40. The van der Waals surface area contributed by atoms with E-state index in [0.29, 0.717) is 6.04 Å². The van der Waals surface area contributed by atoms with Crippen molar-refractivity contribution in [3.05, 3.63) is 42.1 Å². The molecule has 1 fully saturated rings. The lowest BCUT2D eigenvalue weighted by atomic mass is 10.1. The Bertz CT molecular complexity index is 563. The Morgan fingerprint density at radius 3 is 2.82 bits per heavy atom. The average Bonchev–Trinajstić information content (AvgIpc) is 3.05. The van der Waals surface area contributed by atoms with Crippen molar-refractivity contribution in [3.8, 4) is 11.3 Å². The lowest BCUT2D eigenvalue weighted by Crippen LogP contribution is -2.46. The summed E-state index contributed by atoms with van der Waals surface area (Å²) in [6, 6.07) is 10.9. The Kier molecular flexibility index (Phi) is 5.21. The summed E-state index contributed by atoms with van der Waals surface area (Å²) >= 11 is 0. The Labute approximate surface area is 131 Å². The van der Waals surface area contributed by atoms with Gasteiger partial charge >= 0.3 is 0 Å². The molecule has 1 aromatic carbocycles. The number of ether oxygens (including phenoxy) is 1. The lowest BCUT2D eigenvalue weighted by Gasteiger charge is -2.32. The minimum atomic E-state index is 0.524. The van der Waals surface area contributed by atoms with E-state index < -0.39 is 0 Å². The number of rotatable bonds is 6. The van der Waals surface area contributed by atoms with Crippen molar-refractivity contribution >= 4 is 0 Å². The molecule has 0 radical (unpaired) electrons. The summed E-state index contributed by atoms with van der Waals surface area (Å²) in [6.07, 6.45) is 1.91. The molecule has 118 valence electrons. The number of hydrogen-bond donors (Lipinski definition) is 2. The van der Waals surface area contributed by atoms with E-state index in [1.807, 2.05) is 24.4 Å². The average molecular weight is 300 g/mol. The van der Waals surface area contributed by atoms with Crippen molar-refractivity contribution in [2.24, 2.45) is 0 Å². The minimum Gasteiger partial charge on any atom is -0.379 e. The molecule has 5 heteroatoms. The van der Waals surface area contributed by atoms with Crippen LogP contribution < -0.4 is 5.32 Å². The predicted octanol–water partition coefficient (Wildman–Crippen LogP) is 1.89. The van der Waals surface area contributed by atoms with E-state index in [9.17, 15) is 0 Å². The summed E-state index contributed by atoms with van der Waals surface area (Å²) in [7, 11) is 0. The Balaban J connectivity index is 1.53. The Hall–Kier alpha value is -1.69. The van der Waals surface area contributed by atoms with Gasteiger partial charge in [-0.05, 0) is 12.5 Å². The standard InChI is InChI=1S/C17H24N4O/c1-14(21-7-9-22-10-8-21)11-18-12-16-13-19-20-17(16)15-5-3-2-4-6-15/h2-6,13-14,18H,7-12H2,1H3,(H,19,20)/t14-/m0/s1. The topological polar surface area (TPSA) is 53.2 Å². The first-order valence-corrected chi connectivity index (χ1v) is 7.95. The highest BCUT2D eigenvalue weighted by Crippen LogP contribution is 2.20. The van der Waals surface area contributed by atoms with Gasteiger partial charge in [0.1, 0.15) is 0 Å². The van der Waals surface area contributed by atoms with E-state index in [1.54, 1.807) is 0 Å². The van der Waals surface area contributed by atoms with E-state index in [2.05, 4.69) is 39.5 Å². The highest BCUT2D eigenvalue weighted by molar-refractivity contribution is 5.62. The number of aromatic nitrogens is 2. The van der Waals surface area contributed by atoms with Gasteiger partial charge in [-0.3, -0.25) is 10.00 Å². The van der Waals surface area contributed by atoms with Gasteiger partial charge in [0.15, 0.2) is 0 Å². The van der Waals surface area contributed by atoms with Crippen LogP contribution in [0, 0.1) is 0 Å². The second-order valence-corrected chi connectivity index (χ2v) is 5.76. The molecule has 1 aliphatic heterocycles. The zero-order chi connectivity index (χ0) is 15.2. The molecule has 5 nitrogen and oxygen atoms in total. The monoisotopic (exact) mass is 300 g/mol. The summed E-state index contributed by atoms with van der Waals surface area (Å²) in [5, 5.41) is 10.9. The highest BCUT2D eigenvalue weighted by atomic mass is 16.5. The molecule has 0 bridgehead atoms. The molecule has 1 aliphatic rings. The van der Waals surface area contributed by atoms with Crippen LogP contribution in [0.2, 0.25) is 0 Å². The number of hydrogen-bond acceptors (Lipinski definition) is 4. The zero-order valence-electron chi connectivity index (χ0n) is 13.1. The molecule has 22 heavy (non-hydrogen) atoms. The van der Waals surface area contributed by atoms with E-state index in [1.165, 1.54) is 11.1 Å². The molecule has 1 saturated heterocycles. The molecular formula is C17H24N4O. The first-order valence-electron chi connectivity index (χ1n) is 7.95. The van der Waals surface area contributed by atoms with Crippen molar-refractivity contribution < 1.29 is 4.74 Å². The van der Waals surface area contributed by atoms with Gasteiger partial charge in [-0.15, -0.1) is 0 Å².